The highest BCUT2D eigenvalue weighted by Gasteiger charge is 2.35. The van der Waals surface area contributed by atoms with E-state index in [0.29, 0.717) is 5.69 Å². The number of fused-ring (bicyclic) bond motifs is 1. The summed E-state index contributed by atoms with van der Waals surface area (Å²) in [4.78, 5) is 34.5. The van der Waals surface area contributed by atoms with E-state index in [0.717, 1.165) is 12.1 Å². The first-order valence-corrected chi connectivity index (χ1v) is 9.10. The first kappa shape index (κ1) is 20.3. The molecule has 1 aliphatic heterocycles. The second-order valence-electron chi connectivity index (χ2n) is 6.94. The molecule has 1 aliphatic rings. The van der Waals surface area contributed by atoms with Gasteiger partial charge in [0.25, 0.3) is 11.8 Å². The number of nitrogens with two attached hydrogens (primary N) is 1. The Morgan fingerprint density at radius 1 is 1.16 bits per heavy atom. The molecular formula is C19H16F3N7O2. The first-order valence-electron chi connectivity index (χ1n) is 9.10. The van der Waals surface area contributed by atoms with Gasteiger partial charge in [-0.15, -0.1) is 0 Å². The number of nitrogens with zero attached hydrogens (tertiary/aromatic N) is 5. The molecule has 0 fully saturated rings. The highest BCUT2D eigenvalue weighted by molar-refractivity contribution is 6.13. The quantitative estimate of drug-likeness (QED) is 0.658. The molecule has 31 heavy (non-hydrogen) atoms. The summed E-state index contributed by atoms with van der Waals surface area (Å²) in [6.07, 6.45) is -0.644. The van der Waals surface area contributed by atoms with Gasteiger partial charge in [-0.05, 0) is 31.2 Å². The Morgan fingerprint density at radius 3 is 2.42 bits per heavy atom. The minimum Gasteiger partial charge on any atom is -0.368 e. The number of carbonyl (C=O) groups excluding carboxylic acids is 2. The highest BCUT2D eigenvalue weighted by Crippen LogP contribution is 2.33. The molecule has 0 aliphatic carbocycles. The molecule has 0 saturated heterocycles. The van der Waals surface area contributed by atoms with Gasteiger partial charge < -0.3 is 16.0 Å². The maximum Gasteiger partial charge on any atom is 0.416 e. The molecule has 3 N–H and O–H groups in total. The summed E-state index contributed by atoms with van der Waals surface area (Å²) >= 11 is 0. The van der Waals surface area contributed by atoms with Crippen LogP contribution >= 0.6 is 0 Å². The molecule has 0 unspecified atom stereocenters. The van der Waals surface area contributed by atoms with Gasteiger partial charge in [0.05, 0.1) is 29.1 Å². The van der Waals surface area contributed by atoms with Crippen molar-refractivity contribution >= 4 is 29.1 Å². The Bertz CT molecular complexity index is 1140. The largest absolute Gasteiger partial charge is 0.416 e. The molecule has 2 aromatic heterocycles. The lowest BCUT2D eigenvalue weighted by Crippen LogP contribution is -2.43. The normalized spacial score (nSPS) is 16.2. The van der Waals surface area contributed by atoms with Crippen LogP contribution in [0.2, 0.25) is 0 Å². The van der Waals surface area contributed by atoms with E-state index in [4.69, 9.17) is 5.73 Å². The number of hydrogen-bond acceptors (Lipinski definition) is 6. The molecule has 1 aromatic carbocycles. The lowest BCUT2D eigenvalue weighted by Gasteiger charge is -2.32. The van der Waals surface area contributed by atoms with Crippen LogP contribution < -0.4 is 16.0 Å². The summed E-state index contributed by atoms with van der Waals surface area (Å²) in [7, 11) is 0. The molecule has 0 spiro atoms. The molecule has 3 aromatic rings. The van der Waals surface area contributed by atoms with Gasteiger partial charge in [0, 0.05) is 24.6 Å². The van der Waals surface area contributed by atoms with Gasteiger partial charge in [-0.2, -0.15) is 18.3 Å². The minimum atomic E-state index is -4.47. The van der Waals surface area contributed by atoms with Gasteiger partial charge in [0.1, 0.15) is 0 Å². The third-order valence-electron chi connectivity index (χ3n) is 4.80. The molecule has 0 bridgehead atoms. The zero-order valence-corrected chi connectivity index (χ0v) is 16.1. The van der Waals surface area contributed by atoms with Crippen molar-refractivity contribution in [2.45, 2.75) is 19.1 Å². The van der Waals surface area contributed by atoms with Crippen LogP contribution in [0.15, 0.2) is 42.9 Å². The monoisotopic (exact) mass is 431 g/mol. The van der Waals surface area contributed by atoms with Gasteiger partial charge in [-0.1, -0.05) is 0 Å². The van der Waals surface area contributed by atoms with Crippen LogP contribution in [0.4, 0.5) is 30.5 Å². The summed E-state index contributed by atoms with van der Waals surface area (Å²) < 4.78 is 40.0. The standard InChI is InChI=1S/C19H16F3N7O2/c1-10-9-28(13-4-2-12(3-5-13)19(20,21)22)17(31)15-14(8-26-29(10)15)27-16(30)11-6-24-18(23)25-7-11/h2-8,10H,9H2,1H3,(H,27,30)(H2,23,24,25)/t10-/m0/s1. The van der Waals surface area contributed by atoms with Gasteiger partial charge in [0.2, 0.25) is 5.95 Å². The Kier molecular flexibility index (Phi) is 4.84. The maximum atomic E-state index is 13.1. The molecule has 0 radical (unpaired) electrons. The van der Waals surface area contributed by atoms with Crippen LogP contribution in [-0.4, -0.2) is 38.1 Å². The molecule has 2 amide bonds. The summed E-state index contributed by atoms with van der Waals surface area (Å²) in [5.74, 6) is -1.06. The van der Waals surface area contributed by atoms with E-state index in [1.165, 1.54) is 40.3 Å². The van der Waals surface area contributed by atoms with Crippen molar-refractivity contribution in [3.05, 3.63) is 59.7 Å². The van der Waals surface area contributed by atoms with Crippen LogP contribution in [-0.2, 0) is 6.18 Å². The molecule has 9 nitrogen and oxygen atoms in total. The number of nitrogen functional groups attached to an aromatic ring is 1. The first-order chi connectivity index (χ1) is 14.6. The molecule has 160 valence electrons. The fourth-order valence-corrected chi connectivity index (χ4v) is 3.26. The summed E-state index contributed by atoms with van der Waals surface area (Å²) in [5.41, 5.74) is 5.32. The highest BCUT2D eigenvalue weighted by atomic mass is 19.4. The van der Waals surface area contributed by atoms with Crippen molar-refractivity contribution in [1.29, 1.82) is 0 Å². The third kappa shape index (κ3) is 3.79. The van der Waals surface area contributed by atoms with Crippen molar-refractivity contribution in [3.63, 3.8) is 0 Å². The number of nitrogens with one attached hydrogen (secondary N) is 1. The summed E-state index contributed by atoms with van der Waals surface area (Å²) in [5, 5.41) is 6.78. The Labute approximate surface area is 173 Å². The van der Waals surface area contributed by atoms with E-state index in [-0.39, 0.29) is 35.5 Å². The maximum absolute atomic E-state index is 13.1. The van der Waals surface area contributed by atoms with Gasteiger partial charge in [0.15, 0.2) is 5.69 Å². The van der Waals surface area contributed by atoms with Gasteiger partial charge in [-0.3, -0.25) is 14.3 Å². The van der Waals surface area contributed by atoms with E-state index in [9.17, 15) is 22.8 Å². The number of rotatable bonds is 3. The van der Waals surface area contributed by atoms with Gasteiger partial charge >= 0.3 is 6.18 Å². The van der Waals surface area contributed by atoms with E-state index in [1.54, 1.807) is 6.92 Å². The lowest BCUT2D eigenvalue weighted by atomic mass is 10.1. The van der Waals surface area contributed by atoms with Crippen molar-refractivity contribution < 1.29 is 22.8 Å². The summed E-state index contributed by atoms with van der Waals surface area (Å²) in [6.45, 7) is 2.01. The minimum absolute atomic E-state index is 0.00986. The fourth-order valence-electron chi connectivity index (χ4n) is 3.26. The second-order valence-corrected chi connectivity index (χ2v) is 6.94. The molecule has 4 rings (SSSR count). The number of benzene rings is 1. The van der Waals surface area contributed by atoms with Crippen LogP contribution in [0.5, 0.6) is 0 Å². The molecule has 3 heterocycles. The lowest BCUT2D eigenvalue weighted by molar-refractivity contribution is -0.137. The third-order valence-corrected chi connectivity index (χ3v) is 4.80. The molecule has 12 heteroatoms. The van der Waals surface area contributed by atoms with Crippen LogP contribution in [0.3, 0.4) is 0 Å². The predicted octanol–water partition coefficient (Wildman–Crippen LogP) is 2.75. The van der Waals surface area contributed by atoms with E-state index < -0.39 is 23.6 Å². The number of carbonyl (C=O) groups is 2. The number of halogens is 3. The topological polar surface area (TPSA) is 119 Å². The zero-order valence-electron chi connectivity index (χ0n) is 16.1. The predicted molar refractivity (Wildman–Crippen MR) is 104 cm³/mol. The van der Waals surface area contributed by atoms with E-state index in [1.807, 2.05) is 0 Å². The van der Waals surface area contributed by atoms with E-state index in [2.05, 4.69) is 20.4 Å². The number of amides is 2. The zero-order chi connectivity index (χ0) is 22.3. The van der Waals surface area contributed by atoms with Gasteiger partial charge in [-0.25, -0.2) is 9.97 Å². The van der Waals surface area contributed by atoms with Crippen molar-refractivity contribution in [2.75, 3.05) is 22.5 Å². The average molecular weight is 431 g/mol. The second kappa shape index (κ2) is 7.38. The summed E-state index contributed by atoms with van der Waals surface area (Å²) in [6, 6.07) is 4.04. The number of alkyl halides is 3. The number of anilines is 3. The number of aromatic nitrogens is 4. The van der Waals surface area contributed by atoms with E-state index >= 15 is 0 Å². The number of hydrogen-bond donors (Lipinski definition) is 2. The van der Waals surface area contributed by atoms with Crippen molar-refractivity contribution in [2.24, 2.45) is 0 Å². The van der Waals surface area contributed by atoms with Crippen LogP contribution in [0, 0.1) is 0 Å². The van der Waals surface area contributed by atoms with Crippen LogP contribution in [0.25, 0.3) is 0 Å². The van der Waals surface area contributed by atoms with Crippen molar-refractivity contribution in [3.8, 4) is 0 Å². The Morgan fingerprint density at radius 2 is 1.81 bits per heavy atom. The Hall–Kier alpha value is -3.96. The SMILES string of the molecule is C[C@H]1CN(c2ccc(C(F)(F)F)cc2)C(=O)c2c(NC(=O)c3cnc(N)nc3)cnn21. The van der Waals surface area contributed by atoms with Crippen LogP contribution in [0.1, 0.15) is 39.4 Å². The molecular weight excluding hydrogens is 415 g/mol. The molecule has 1 atom stereocenters. The smallest absolute Gasteiger partial charge is 0.368 e. The fraction of sp³-hybridized carbons (Fsp3) is 0.211. The average Bonchev–Trinajstić information content (AvgIpc) is 3.15. The molecule has 0 saturated carbocycles. The Balaban J connectivity index is 1.62. The van der Waals surface area contributed by atoms with Crippen molar-refractivity contribution in [1.82, 2.24) is 19.7 Å².